The Kier molecular flexibility index (Phi) is 3.80. The van der Waals surface area contributed by atoms with Crippen molar-refractivity contribution in [1.29, 1.82) is 0 Å². The van der Waals surface area contributed by atoms with Crippen molar-refractivity contribution in [2.24, 2.45) is 0 Å². The minimum absolute atomic E-state index is 0.0669. The average molecular weight is 211 g/mol. The van der Waals surface area contributed by atoms with Gasteiger partial charge in [0.05, 0.1) is 19.9 Å². The monoisotopic (exact) mass is 211 g/mol. The predicted octanol–water partition coefficient (Wildman–Crippen LogP) is 1.40. The van der Waals surface area contributed by atoms with E-state index in [0.717, 1.165) is 22.7 Å². The molecule has 0 spiro atoms. The summed E-state index contributed by atoms with van der Waals surface area (Å²) in [6.45, 7) is 1.88. The van der Waals surface area contributed by atoms with Crippen LogP contribution in [0.15, 0.2) is 12.1 Å². The number of nitrogens with zero attached hydrogens (tertiary/aromatic N) is 1. The Balaban J connectivity index is 3.22. The van der Waals surface area contributed by atoms with Crippen LogP contribution in [0.25, 0.3) is 0 Å². The van der Waals surface area contributed by atoms with E-state index in [1.165, 1.54) is 0 Å². The molecule has 0 heterocycles. The molecule has 1 N–H and O–H groups in total. The molecule has 0 saturated heterocycles. The number of anilines is 1. The van der Waals surface area contributed by atoms with Gasteiger partial charge in [0.15, 0.2) is 0 Å². The maximum absolute atomic E-state index is 9.07. The Hall–Kier alpha value is -1.42. The molecule has 4 nitrogen and oxygen atoms in total. The van der Waals surface area contributed by atoms with Crippen LogP contribution in [0.1, 0.15) is 5.56 Å². The molecular weight excluding hydrogens is 194 g/mol. The van der Waals surface area contributed by atoms with E-state index in [1.54, 1.807) is 26.2 Å². The van der Waals surface area contributed by atoms with Gasteiger partial charge in [-0.1, -0.05) is 0 Å². The number of methoxy groups -OCH3 is 2. The predicted molar refractivity (Wildman–Crippen MR) is 59.8 cm³/mol. The van der Waals surface area contributed by atoms with E-state index in [0.29, 0.717) is 0 Å². The number of rotatable bonds is 4. The smallest absolute Gasteiger partial charge is 0.142 e. The topological polar surface area (TPSA) is 41.9 Å². The van der Waals surface area contributed by atoms with Crippen molar-refractivity contribution >= 4 is 5.69 Å². The van der Waals surface area contributed by atoms with E-state index in [9.17, 15) is 0 Å². The van der Waals surface area contributed by atoms with Gasteiger partial charge in [0.2, 0.25) is 0 Å². The number of aryl methyl sites for hydroxylation is 1. The maximum Gasteiger partial charge on any atom is 0.142 e. The normalized spacial score (nSPS) is 9.93. The quantitative estimate of drug-likeness (QED) is 0.764. The van der Waals surface area contributed by atoms with Crippen LogP contribution >= 0.6 is 0 Å². The zero-order chi connectivity index (χ0) is 11.4. The van der Waals surface area contributed by atoms with Crippen LogP contribution in [0.2, 0.25) is 0 Å². The molecule has 84 valence electrons. The summed E-state index contributed by atoms with van der Waals surface area (Å²) >= 11 is 0. The lowest BCUT2D eigenvalue weighted by Crippen LogP contribution is -2.18. The van der Waals surface area contributed by atoms with Crippen molar-refractivity contribution in [3.05, 3.63) is 17.7 Å². The fourth-order valence-electron chi connectivity index (χ4n) is 1.41. The summed E-state index contributed by atoms with van der Waals surface area (Å²) in [7, 11) is 5.01. The van der Waals surface area contributed by atoms with Crippen molar-refractivity contribution in [1.82, 2.24) is 0 Å². The summed E-state index contributed by atoms with van der Waals surface area (Å²) in [6, 6.07) is 3.74. The third-order valence-corrected chi connectivity index (χ3v) is 2.32. The molecule has 0 aliphatic heterocycles. The van der Waals surface area contributed by atoms with Crippen molar-refractivity contribution in [3.8, 4) is 11.5 Å². The molecule has 0 saturated carbocycles. The van der Waals surface area contributed by atoms with Gasteiger partial charge in [-0.05, 0) is 18.6 Å². The van der Waals surface area contributed by atoms with Crippen LogP contribution < -0.4 is 14.4 Å². The summed E-state index contributed by atoms with van der Waals surface area (Å²) in [5.74, 6) is 1.51. The maximum atomic E-state index is 9.07. The first-order valence-electron chi connectivity index (χ1n) is 4.68. The van der Waals surface area contributed by atoms with E-state index in [-0.39, 0.29) is 6.73 Å². The van der Waals surface area contributed by atoms with Crippen molar-refractivity contribution in [2.45, 2.75) is 6.92 Å². The number of hydrogen-bond acceptors (Lipinski definition) is 4. The number of aliphatic hydroxyl groups is 1. The zero-order valence-electron chi connectivity index (χ0n) is 9.57. The Morgan fingerprint density at radius 1 is 1.20 bits per heavy atom. The molecule has 4 heteroatoms. The van der Waals surface area contributed by atoms with Gasteiger partial charge in [0.1, 0.15) is 18.2 Å². The summed E-state index contributed by atoms with van der Waals surface area (Å²) in [5, 5.41) is 9.07. The first kappa shape index (κ1) is 11.7. The standard InChI is InChI=1S/C11H17NO3/c1-8-5-11(15-4)9(12(2)7-13)6-10(8)14-3/h5-6,13H,7H2,1-4H3. The first-order valence-corrected chi connectivity index (χ1v) is 4.68. The van der Waals surface area contributed by atoms with Gasteiger partial charge in [-0.25, -0.2) is 0 Å². The van der Waals surface area contributed by atoms with E-state index in [4.69, 9.17) is 14.6 Å². The fourth-order valence-corrected chi connectivity index (χ4v) is 1.41. The molecule has 0 amide bonds. The van der Waals surface area contributed by atoms with Crippen LogP contribution in [0, 0.1) is 6.92 Å². The van der Waals surface area contributed by atoms with Gasteiger partial charge in [0.25, 0.3) is 0 Å². The van der Waals surface area contributed by atoms with Gasteiger partial charge >= 0.3 is 0 Å². The Labute approximate surface area is 90.0 Å². The Morgan fingerprint density at radius 2 is 1.80 bits per heavy atom. The zero-order valence-corrected chi connectivity index (χ0v) is 9.57. The molecule has 0 radical (unpaired) electrons. The molecule has 1 rings (SSSR count). The van der Waals surface area contributed by atoms with E-state index < -0.39 is 0 Å². The summed E-state index contributed by atoms with van der Waals surface area (Å²) < 4.78 is 10.5. The highest BCUT2D eigenvalue weighted by Gasteiger charge is 2.11. The number of ether oxygens (including phenoxy) is 2. The van der Waals surface area contributed by atoms with Crippen LogP contribution in [0.3, 0.4) is 0 Å². The molecule has 0 atom stereocenters. The van der Waals surface area contributed by atoms with Crippen LogP contribution in [-0.2, 0) is 0 Å². The number of hydrogen-bond donors (Lipinski definition) is 1. The van der Waals surface area contributed by atoms with E-state index >= 15 is 0 Å². The molecular formula is C11H17NO3. The number of aliphatic hydroxyl groups excluding tert-OH is 1. The lowest BCUT2D eigenvalue weighted by Gasteiger charge is -2.20. The van der Waals surface area contributed by atoms with E-state index in [2.05, 4.69) is 0 Å². The Bertz CT molecular complexity index is 339. The minimum Gasteiger partial charge on any atom is -0.496 e. The van der Waals surface area contributed by atoms with Crippen molar-refractivity contribution < 1.29 is 14.6 Å². The molecule has 0 unspecified atom stereocenters. The first-order chi connectivity index (χ1) is 7.13. The van der Waals surface area contributed by atoms with Crippen LogP contribution in [-0.4, -0.2) is 33.1 Å². The van der Waals surface area contributed by atoms with Gasteiger partial charge in [-0.15, -0.1) is 0 Å². The third-order valence-electron chi connectivity index (χ3n) is 2.32. The highest BCUT2D eigenvalue weighted by molar-refractivity contribution is 5.63. The second-order valence-electron chi connectivity index (χ2n) is 3.33. The molecule has 0 aliphatic carbocycles. The fraction of sp³-hybridized carbons (Fsp3) is 0.455. The lowest BCUT2D eigenvalue weighted by molar-refractivity contribution is 0.296. The largest absolute Gasteiger partial charge is 0.496 e. The van der Waals surface area contributed by atoms with Gasteiger partial charge in [0, 0.05) is 13.1 Å². The minimum atomic E-state index is -0.0669. The average Bonchev–Trinajstić information content (AvgIpc) is 2.27. The summed E-state index contributed by atoms with van der Waals surface area (Å²) in [6.07, 6.45) is 0. The van der Waals surface area contributed by atoms with Crippen molar-refractivity contribution in [3.63, 3.8) is 0 Å². The Morgan fingerprint density at radius 3 is 2.27 bits per heavy atom. The molecule has 15 heavy (non-hydrogen) atoms. The SMILES string of the molecule is COc1cc(N(C)CO)c(OC)cc1C. The molecule has 1 aromatic rings. The lowest BCUT2D eigenvalue weighted by atomic mass is 10.1. The van der Waals surface area contributed by atoms with E-state index in [1.807, 2.05) is 19.1 Å². The second-order valence-corrected chi connectivity index (χ2v) is 3.33. The number of benzene rings is 1. The molecule has 0 fully saturated rings. The van der Waals surface area contributed by atoms with Crippen molar-refractivity contribution in [2.75, 3.05) is 32.9 Å². The second kappa shape index (κ2) is 4.89. The summed E-state index contributed by atoms with van der Waals surface area (Å²) in [4.78, 5) is 1.68. The van der Waals surface area contributed by atoms with Gasteiger partial charge in [-0.2, -0.15) is 0 Å². The molecule has 0 aliphatic rings. The molecule has 1 aromatic carbocycles. The molecule has 0 bridgehead atoms. The summed E-state index contributed by atoms with van der Waals surface area (Å²) in [5.41, 5.74) is 1.81. The van der Waals surface area contributed by atoms with Crippen LogP contribution in [0.4, 0.5) is 5.69 Å². The van der Waals surface area contributed by atoms with Gasteiger partial charge in [-0.3, -0.25) is 0 Å². The van der Waals surface area contributed by atoms with Crippen LogP contribution in [0.5, 0.6) is 11.5 Å². The third kappa shape index (κ3) is 2.33. The highest BCUT2D eigenvalue weighted by Crippen LogP contribution is 2.34. The highest BCUT2D eigenvalue weighted by atomic mass is 16.5. The van der Waals surface area contributed by atoms with Gasteiger partial charge < -0.3 is 19.5 Å². The molecule has 0 aromatic heterocycles.